The Kier molecular flexibility index (Phi) is 4.86. The Hall–Kier alpha value is -1.30. The molecule has 3 atom stereocenters. The van der Waals surface area contributed by atoms with Crippen molar-refractivity contribution in [2.24, 2.45) is 11.8 Å². The molecule has 0 aromatic rings. The van der Waals surface area contributed by atoms with Gasteiger partial charge in [-0.1, -0.05) is 0 Å². The van der Waals surface area contributed by atoms with E-state index in [0.717, 1.165) is 26.1 Å². The van der Waals surface area contributed by atoms with Crippen LogP contribution in [0.5, 0.6) is 0 Å². The van der Waals surface area contributed by atoms with Crippen LogP contribution in [0.2, 0.25) is 0 Å². The molecule has 2 fully saturated rings. The summed E-state index contributed by atoms with van der Waals surface area (Å²) in [7, 11) is 0. The van der Waals surface area contributed by atoms with Gasteiger partial charge in [0, 0.05) is 31.8 Å². The van der Waals surface area contributed by atoms with E-state index < -0.39 is 11.9 Å². The summed E-state index contributed by atoms with van der Waals surface area (Å²) in [5, 5.41) is 12.1. The Morgan fingerprint density at radius 2 is 1.95 bits per heavy atom. The molecule has 0 bridgehead atoms. The fourth-order valence-corrected chi connectivity index (χ4v) is 3.17. The zero-order valence-electron chi connectivity index (χ0n) is 12.2. The van der Waals surface area contributed by atoms with Crippen LogP contribution in [-0.2, 0) is 9.53 Å². The Balaban J connectivity index is 1.87. The molecule has 0 aromatic heterocycles. The molecule has 0 aliphatic carbocycles. The predicted molar refractivity (Wildman–Crippen MR) is 73.4 cm³/mol. The van der Waals surface area contributed by atoms with Crippen molar-refractivity contribution < 1.29 is 19.4 Å². The minimum absolute atomic E-state index is 0.0995. The molecule has 3 unspecified atom stereocenters. The summed E-state index contributed by atoms with van der Waals surface area (Å²) in [6.07, 6.45) is 2.47. The van der Waals surface area contributed by atoms with E-state index in [1.807, 2.05) is 13.8 Å². The highest BCUT2D eigenvalue weighted by atomic mass is 16.5. The van der Waals surface area contributed by atoms with E-state index in [-0.39, 0.29) is 18.1 Å². The van der Waals surface area contributed by atoms with Gasteiger partial charge in [0.1, 0.15) is 0 Å². The average Bonchev–Trinajstić information content (AvgIpc) is 2.81. The van der Waals surface area contributed by atoms with Gasteiger partial charge in [0.05, 0.1) is 5.92 Å². The van der Waals surface area contributed by atoms with Crippen LogP contribution in [0.15, 0.2) is 0 Å². The van der Waals surface area contributed by atoms with Crippen LogP contribution in [-0.4, -0.2) is 53.8 Å². The van der Waals surface area contributed by atoms with Gasteiger partial charge in [0.2, 0.25) is 0 Å². The maximum atomic E-state index is 12.3. The fourth-order valence-electron chi connectivity index (χ4n) is 3.17. The summed E-state index contributed by atoms with van der Waals surface area (Å²) in [4.78, 5) is 25.0. The summed E-state index contributed by atoms with van der Waals surface area (Å²) < 4.78 is 5.32. The quantitative estimate of drug-likeness (QED) is 0.819. The lowest BCUT2D eigenvalue weighted by Gasteiger charge is -2.31. The minimum atomic E-state index is -0.815. The lowest BCUT2D eigenvalue weighted by molar-refractivity contribution is -0.142. The minimum Gasteiger partial charge on any atom is -0.481 e. The first-order valence-electron chi connectivity index (χ1n) is 7.38. The molecule has 6 heteroatoms. The van der Waals surface area contributed by atoms with Crippen LogP contribution in [0.3, 0.4) is 0 Å². The van der Waals surface area contributed by atoms with Crippen LogP contribution >= 0.6 is 0 Å². The lowest BCUT2D eigenvalue weighted by Crippen LogP contribution is -2.49. The van der Waals surface area contributed by atoms with E-state index in [9.17, 15) is 9.59 Å². The number of amides is 2. The Morgan fingerprint density at radius 3 is 2.50 bits per heavy atom. The van der Waals surface area contributed by atoms with Crippen LogP contribution in [0.25, 0.3) is 0 Å². The number of carboxylic acids is 1. The van der Waals surface area contributed by atoms with E-state index in [4.69, 9.17) is 9.84 Å². The molecule has 2 rings (SSSR count). The molecule has 2 heterocycles. The lowest BCUT2D eigenvalue weighted by atomic mass is 9.93. The number of rotatable bonds is 3. The molecule has 20 heavy (non-hydrogen) atoms. The molecule has 2 aliphatic heterocycles. The molecule has 0 spiro atoms. The first-order chi connectivity index (χ1) is 9.50. The molecule has 114 valence electrons. The smallest absolute Gasteiger partial charge is 0.317 e. The highest BCUT2D eigenvalue weighted by Crippen LogP contribution is 2.25. The van der Waals surface area contributed by atoms with Crippen molar-refractivity contribution in [1.29, 1.82) is 0 Å². The zero-order valence-corrected chi connectivity index (χ0v) is 12.2. The monoisotopic (exact) mass is 284 g/mol. The average molecular weight is 284 g/mol. The van der Waals surface area contributed by atoms with Crippen LogP contribution < -0.4 is 5.32 Å². The van der Waals surface area contributed by atoms with Crippen LogP contribution in [0.1, 0.15) is 33.1 Å². The van der Waals surface area contributed by atoms with Crippen LogP contribution in [0.4, 0.5) is 4.79 Å². The van der Waals surface area contributed by atoms with Gasteiger partial charge in [0.15, 0.2) is 0 Å². The van der Waals surface area contributed by atoms with E-state index in [0.29, 0.717) is 18.9 Å². The fraction of sp³-hybridized carbons (Fsp3) is 0.857. The third-order valence-corrected chi connectivity index (χ3v) is 4.66. The third-order valence-electron chi connectivity index (χ3n) is 4.66. The number of carbonyl (C=O) groups excluding carboxylic acids is 1. The van der Waals surface area contributed by atoms with E-state index in [1.165, 1.54) is 0 Å². The zero-order chi connectivity index (χ0) is 14.7. The molecule has 0 saturated carbocycles. The van der Waals surface area contributed by atoms with Gasteiger partial charge in [-0.2, -0.15) is 0 Å². The number of urea groups is 1. The van der Waals surface area contributed by atoms with Gasteiger partial charge in [-0.15, -0.1) is 0 Å². The normalized spacial score (nSPS) is 29.2. The topological polar surface area (TPSA) is 78.9 Å². The van der Waals surface area contributed by atoms with Gasteiger partial charge in [-0.3, -0.25) is 4.79 Å². The summed E-state index contributed by atoms with van der Waals surface area (Å²) in [6, 6.07) is -0.280. The molecule has 0 radical (unpaired) electrons. The summed E-state index contributed by atoms with van der Waals surface area (Å²) >= 11 is 0. The van der Waals surface area contributed by atoms with E-state index in [2.05, 4.69) is 5.32 Å². The Bertz CT molecular complexity index is 368. The van der Waals surface area contributed by atoms with Crippen molar-refractivity contribution in [3.05, 3.63) is 0 Å². The highest BCUT2D eigenvalue weighted by Gasteiger charge is 2.38. The van der Waals surface area contributed by atoms with E-state index in [1.54, 1.807) is 4.90 Å². The summed E-state index contributed by atoms with van der Waals surface area (Å²) in [5.74, 6) is -0.815. The second-order valence-corrected chi connectivity index (χ2v) is 5.86. The number of ether oxygens (including phenoxy) is 1. The van der Waals surface area contributed by atoms with Gasteiger partial charge in [-0.25, -0.2) is 4.79 Å². The molecule has 2 N–H and O–H groups in total. The van der Waals surface area contributed by atoms with Crippen molar-refractivity contribution in [1.82, 2.24) is 10.2 Å². The van der Waals surface area contributed by atoms with Gasteiger partial charge >= 0.3 is 12.0 Å². The number of nitrogens with one attached hydrogen (secondary N) is 1. The van der Waals surface area contributed by atoms with Crippen molar-refractivity contribution in [3.8, 4) is 0 Å². The number of likely N-dealkylation sites (tertiary alicyclic amines) is 1. The number of aliphatic carboxylic acids is 1. The summed E-state index contributed by atoms with van der Waals surface area (Å²) in [6.45, 7) is 5.86. The first kappa shape index (κ1) is 15.1. The Morgan fingerprint density at radius 1 is 1.30 bits per heavy atom. The number of hydrogen-bond acceptors (Lipinski definition) is 3. The van der Waals surface area contributed by atoms with Gasteiger partial charge < -0.3 is 20.1 Å². The van der Waals surface area contributed by atoms with E-state index >= 15 is 0 Å². The molecule has 2 saturated heterocycles. The van der Waals surface area contributed by atoms with Crippen LogP contribution in [0, 0.1) is 11.8 Å². The largest absolute Gasteiger partial charge is 0.481 e. The standard InChI is InChI=1S/C14H24N2O4/c1-9(11-4-7-20-8-5-11)15-14(19)16-6-3-12(10(16)2)13(17)18/h9-12H,3-8H2,1-2H3,(H,15,19)(H,17,18). The maximum Gasteiger partial charge on any atom is 0.317 e. The SMILES string of the molecule is CC(NC(=O)N1CCC(C(=O)O)C1C)C1CCOCC1. The number of carboxylic acid groups (broad SMARTS) is 1. The number of hydrogen-bond donors (Lipinski definition) is 2. The second-order valence-electron chi connectivity index (χ2n) is 5.86. The van der Waals surface area contributed by atoms with Crippen molar-refractivity contribution >= 4 is 12.0 Å². The first-order valence-corrected chi connectivity index (χ1v) is 7.38. The molecule has 2 amide bonds. The number of nitrogens with zero attached hydrogens (tertiary/aromatic N) is 1. The highest BCUT2D eigenvalue weighted by molar-refractivity contribution is 5.78. The second kappa shape index (κ2) is 6.43. The van der Waals surface area contributed by atoms with Crippen molar-refractivity contribution in [2.75, 3.05) is 19.8 Å². The van der Waals surface area contributed by atoms with Crippen molar-refractivity contribution in [3.63, 3.8) is 0 Å². The molecular weight excluding hydrogens is 260 g/mol. The third kappa shape index (κ3) is 3.23. The molecular formula is C14H24N2O4. The van der Waals surface area contributed by atoms with Crippen molar-refractivity contribution in [2.45, 2.75) is 45.2 Å². The Labute approximate surface area is 119 Å². The molecule has 6 nitrogen and oxygen atoms in total. The molecule has 0 aromatic carbocycles. The predicted octanol–water partition coefficient (Wildman–Crippen LogP) is 1.31. The molecule has 2 aliphatic rings. The number of carbonyl (C=O) groups is 2. The maximum absolute atomic E-state index is 12.3. The van der Waals surface area contributed by atoms with Gasteiger partial charge in [-0.05, 0) is 39.0 Å². The van der Waals surface area contributed by atoms with Gasteiger partial charge in [0.25, 0.3) is 0 Å². The summed E-state index contributed by atoms with van der Waals surface area (Å²) in [5.41, 5.74) is 0.